The maximum atomic E-state index is 13.6. The second-order valence-corrected chi connectivity index (χ2v) is 4.16. The van der Waals surface area contributed by atoms with Crippen molar-refractivity contribution >= 4 is 22.9 Å². The van der Waals surface area contributed by atoms with Crippen molar-refractivity contribution in [2.45, 2.75) is 32.7 Å². The largest absolute Gasteiger partial charge is 0.389 e. The highest BCUT2D eigenvalue weighted by Gasteiger charge is 2.08. The number of rotatable bonds is 5. The van der Waals surface area contributed by atoms with Gasteiger partial charge in [0.05, 0.1) is 0 Å². The van der Waals surface area contributed by atoms with E-state index in [0.29, 0.717) is 11.6 Å². The van der Waals surface area contributed by atoms with Gasteiger partial charge in [0.25, 0.3) is 0 Å². The van der Waals surface area contributed by atoms with Crippen LogP contribution in [0.3, 0.4) is 0 Å². The number of hydrogen-bond donors (Lipinski definition) is 2. The lowest BCUT2D eigenvalue weighted by Crippen LogP contribution is -2.17. The molecule has 0 saturated heterocycles. The van der Waals surface area contributed by atoms with Gasteiger partial charge in [-0.15, -0.1) is 0 Å². The molecule has 0 saturated carbocycles. The van der Waals surface area contributed by atoms with Crippen molar-refractivity contribution in [1.29, 1.82) is 0 Å². The van der Waals surface area contributed by atoms with Crippen molar-refractivity contribution in [2.75, 3.05) is 5.32 Å². The van der Waals surface area contributed by atoms with Crippen molar-refractivity contribution in [3.05, 3.63) is 29.6 Å². The molecule has 1 rings (SSSR count). The number of hydrogen-bond acceptors (Lipinski definition) is 2. The number of halogens is 1. The minimum absolute atomic E-state index is 0.0894. The molecule has 1 aromatic rings. The first-order chi connectivity index (χ1) is 7.58. The molecule has 0 bridgehead atoms. The molecular formula is C12H17FN2S. The number of benzene rings is 1. The molecule has 0 spiro atoms. The maximum Gasteiger partial charge on any atom is 0.135 e. The number of thiocarbonyl (C=S) groups is 1. The lowest BCUT2D eigenvalue weighted by molar-refractivity contribution is 0.623. The summed E-state index contributed by atoms with van der Waals surface area (Å²) in [6.45, 7) is 4.20. The molecule has 0 fully saturated rings. The van der Waals surface area contributed by atoms with Gasteiger partial charge in [0.1, 0.15) is 10.8 Å². The summed E-state index contributed by atoms with van der Waals surface area (Å²) >= 11 is 4.74. The SMILES string of the molecule is CCC(CC)Nc1ccc(C(N)=S)c(F)c1. The summed E-state index contributed by atoms with van der Waals surface area (Å²) in [6, 6.07) is 5.22. The van der Waals surface area contributed by atoms with Gasteiger partial charge in [0.15, 0.2) is 0 Å². The Bertz CT molecular complexity index is 375. The fourth-order valence-electron chi connectivity index (χ4n) is 1.53. The summed E-state index contributed by atoms with van der Waals surface area (Å²) in [6.07, 6.45) is 2.02. The molecule has 0 radical (unpaired) electrons. The van der Waals surface area contributed by atoms with E-state index in [1.807, 2.05) is 0 Å². The minimum Gasteiger partial charge on any atom is -0.389 e. The Morgan fingerprint density at radius 1 is 1.44 bits per heavy atom. The Kier molecular flexibility index (Phi) is 4.68. The molecule has 0 amide bonds. The van der Waals surface area contributed by atoms with Crippen LogP contribution in [0.4, 0.5) is 10.1 Å². The highest BCUT2D eigenvalue weighted by atomic mass is 32.1. The van der Waals surface area contributed by atoms with E-state index >= 15 is 0 Å². The molecule has 0 unspecified atom stereocenters. The van der Waals surface area contributed by atoms with Crippen LogP contribution in [0.1, 0.15) is 32.3 Å². The van der Waals surface area contributed by atoms with Crippen molar-refractivity contribution in [1.82, 2.24) is 0 Å². The summed E-state index contributed by atoms with van der Waals surface area (Å²) in [5, 5.41) is 3.26. The van der Waals surface area contributed by atoms with Gasteiger partial charge in [0, 0.05) is 17.3 Å². The second kappa shape index (κ2) is 5.80. The maximum absolute atomic E-state index is 13.6. The van der Waals surface area contributed by atoms with Gasteiger partial charge in [0.2, 0.25) is 0 Å². The quantitative estimate of drug-likeness (QED) is 0.777. The summed E-state index contributed by atoms with van der Waals surface area (Å²) in [4.78, 5) is 0.0894. The molecule has 88 valence electrons. The van der Waals surface area contributed by atoms with E-state index in [1.165, 1.54) is 6.07 Å². The molecule has 2 nitrogen and oxygen atoms in total. The normalized spacial score (nSPS) is 10.5. The Balaban J connectivity index is 2.84. The van der Waals surface area contributed by atoms with E-state index in [9.17, 15) is 4.39 Å². The van der Waals surface area contributed by atoms with Gasteiger partial charge in [-0.3, -0.25) is 0 Å². The van der Waals surface area contributed by atoms with E-state index in [4.69, 9.17) is 18.0 Å². The molecule has 0 aromatic heterocycles. The number of anilines is 1. The number of nitrogens with two attached hydrogens (primary N) is 1. The van der Waals surface area contributed by atoms with Crippen molar-refractivity contribution in [3.63, 3.8) is 0 Å². The topological polar surface area (TPSA) is 38.0 Å². The molecule has 3 N–H and O–H groups in total. The van der Waals surface area contributed by atoms with Crippen LogP contribution in [0.25, 0.3) is 0 Å². The van der Waals surface area contributed by atoms with Crippen molar-refractivity contribution in [3.8, 4) is 0 Å². The zero-order valence-electron chi connectivity index (χ0n) is 9.59. The van der Waals surface area contributed by atoms with E-state index in [0.717, 1.165) is 18.5 Å². The van der Waals surface area contributed by atoms with Crippen LogP contribution in [0, 0.1) is 5.82 Å². The first kappa shape index (κ1) is 12.9. The average molecular weight is 240 g/mol. The van der Waals surface area contributed by atoms with Gasteiger partial charge in [-0.05, 0) is 31.0 Å². The highest BCUT2D eigenvalue weighted by molar-refractivity contribution is 7.80. The van der Waals surface area contributed by atoms with E-state index in [1.54, 1.807) is 12.1 Å². The first-order valence-corrected chi connectivity index (χ1v) is 5.85. The molecule has 0 atom stereocenters. The van der Waals surface area contributed by atoms with Crippen molar-refractivity contribution in [2.24, 2.45) is 5.73 Å². The van der Waals surface area contributed by atoms with Crippen LogP contribution >= 0.6 is 12.2 Å². The van der Waals surface area contributed by atoms with Crippen LogP contribution in [-0.2, 0) is 0 Å². The van der Waals surface area contributed by atoms with E-state index in [-0.39, 0.29) is 10.8 Å². The van der Waals surface area contributed by atoms with Gasteiger partial charge in [-0.2, -0.15) is 0 Å². The van der Waals surface area contributed by atoms with Crippen LogP contribution < -0.4 is 11.1 Å². The summed E-state index contributed by atoms with van der Waals surface area (Å²) in [5.74, 6) is -0.372. The van der Waals surface area contributed by atoms with Gasteiger partial charge >= 0.3 is 0 Å². The Hall–Kier alpha value is -1.16. The Morgan fingerprint density at radius 2 is 2.06 bits per heavy atom. The fourth-order valence-corrected chi connectivity index (χ4v) is 1.70. The predicted molar refractivity (Wildman–Crippen MR) is 70.3 cm³/mol. The van der Waals surface area contributed by atoms with Crippen LogP contribution in [0.5, 0.6) is 0 Å². The fraction of sp³-hybridized carbons (Fsp3) is 0.417. The summed E-state index contributed by atoms with van der Waals surface area (Å²) < 4.78 is 13.6. The molecule has 0 aliphatic rings. The third-order valence-electron chi connectivity index (χ3n) is 2.59. The molecule has 0 aliphatic carbocycles. The Labute approximate surface area is 101 Å². The second-order valence-electron chi connectivity index (χ2n) is 3.72. The zero-order chi connectivity index (χ0) is 12.1. The van der Waals surface area contributed by atoms with Gasteiger partial charge in [-0.1, -0.05) is 26.1 Å². The van der Waals surface area contributed by atoms with Crippen LogP contribution in [0.15, 0.2) is 18.2 Å². The average Bonchev–Trinajstić information content (AvgIpc) is 2.25. The van der Waals surface area contributed by atoms with E-state index in [2.05, 4.69) is 19.2 Å². The highest BCUT2D eigenvalue weighted by Crippen LogP contribution is 2.16. The van der Waals surface area contributed by atoms with Crippen LogP contribution in [0.2, 0.25) is 0 Å². The predicted octanol–water partition coefficient (Wildman–Crippen LogP) is 3.06. The lowest BCUT2D eigenvalue weighted by Gasteiger charge is -2.16. The monoisotopic (exact) mass is 240 g/mol. The molecule has 1 aromatic carbocycles. The van der Waals surface area contributed by atoms with Crippen molar-refractivity contribution < 1.29 is 4.39 Å². The Morgan fingerprint density at radius 3 is 2.50 bits per heavy atom. The smallest absolute Gasteiger partial charge is 0.135 e. The lowest BCUT2D eigenvalue weighted by atomic mass is 10.1. The van der Waals surface area contributed by atoms with Crippen LogP contribution in [-0.4, -0.2) is 11.0 Å². The molecule has 4 heteroatoms. The van der Waals surface area contributed by atoms with Gasteiger partial charge in [-0.25, -0.2) is 4.39 Å². The van der Waals surface area contributed by atoms with E-state index < -0.39 is 0 Å². The van der Waals surface area contributed by atoms with Gasteiger partial charge < -0.3 is 11.1 Å². The molecule has 16 heavy (non-hydrogen) atoms. The first-order valence-electron chi connectivity index (χ1n) is 5.44. The summed E-state index contributed by atoms with van der Waals surface area (Å²) in [7, 11) is 0. The molecule has 0 heterocycles. The zero-order valence-corrected chi connectivity index (χ0v) is 10.4. The minimum atomic E-state index is -0.372. The summed E-state index contributed by atoms with van der Waals surface area (Å²) in [5.41, 5.74) is 6.46. The molecule has 0 aliphatic heterocycles. The number of nitrogens with one attached hydrogen (secondary N) is 1. The standard InChI is InChI=1S/C12H17FN2S/c1-3-8(4-2)15-9-5-6-10(12(14)16)11(13)7-9/h5-8,15H,3-4H2,1-2H3,(H2,14,16). The molecular weight excluding hydrogens is 223 g/mol. The third kappa shape index (κ3) is 3.17. The third-order valence-corrected chi connectivity index (χ3v) is 2.81.